The van der Waals surface area contributed by atoms with Gasteiger partial charge in [-0.2, -0.15) is 5.10 Å². The van der Waals surface area contributed by atoms with Crippen molar-refractivity contribution in [1.29, 1.82) is 0 Å². The molecule has 0 bridgehead atoms. The molecular formula is C13H10Cl3N3O. The van der Waals surface area contributed by atoms with E-state index in [0.29, 0.717) is 27.0 Å². The zero-order valence-electron chi connectivity index (χ0n) is 10.4. The van der Waals surface area contributed by atoms with Crippen LogP contribution < -0.4 is 5.43 Å². The number of nitrogens with zero attached hydrogens (tertiary/aromatic N) is 1. The Morgan fingerprint density at radius 3 is 2.60 bits per heavy atom. The highest BCUT2D eigenvalue weighted by Crippen LogP contribution is 2.32. The van der Waals surface area contributed by atoms with Crippen LogP contribution in [0.1, 0.15) is 23.0 Å². The number of carbonyl (C=O) groups excluding carboxylic acids is 1. The molecule has 1 heterocycles. The summed E-state index contributed by atoms with van der Waals surface area (Å²) in [7, 11) is 0. The first-order valence-corrected chi connectivity index (χ1v) is 6.76. The lowest BCUT2D eigenvalue weighted by Crippen LogP contribution is -2.19. The van der Waals surface area contributed by atoms with Crippen LogP contribution in [0.3, 0.4) is 0 Å². The van der Waals surface area contributed by atoms with E-state index in [1.54, 1.807) is 37.4 Å². The molecule has 2 N–H and O–H groups in total. The number of rotatable bonds is 3. The third-order valence-electron chi connectivity index (χ3n) is 2.59. The van der Waals surface area contributed by atoms with Crippen molar-refractivity contribution < 1.29 is 4.79 Å². The number of hydrogen-bond donors (Lipinski definition) is 2. The maximum atomic E-state index is 11.7. The van der Waals surface area contributed by atoms with E-state index in [-0.39, 0.29) is 10.9 Å². The van der Waals surface area contributed by atoms with Crippen LogP contribution in [0.25, 0.3) is 0 Å². The molecular weight excluding hydrogens is 321 g/mol. The number of H-pyrrole nitrogens is 1. The Balaban J connectivity index is 2.19. The van der Waals surface area contributed by atoms with E-state index < -0.39 is 0 Å². The van der Waals surface area contributed by atoms with Crippen LogP contribution in [0.15, 0.2) is 35.6 Å². The van der Waals surface area contributed by atoms with E-state index in [2.05, 4.69) is 15.5 Å². The summed E-state index contributed by atoms with van der Waals surface area (Å²) in [5, 5.41) is 4.92. The second-order valence-electron chi connectivity index (χ2n) is 3.94. The number of aromatic amines is 1. The Hall–Kier alpha value is -1.49. The number of aromatic nitrogens is 1. The van der Waals surface area contributed by atoms with Crippen molar-refractivity contribution in [1.82, 2.24) is 10.4 Å². The molecule has 4 nitrogen and oxygen atoms in total. The first-order valence-electron chi connectivity index (χ1n) is 5.62. The van der Waals surface area contributed by atoms with Crippen LogP contribution in [0.2, 0.25) is 15.1 Å². The third kappa shape index (κ3) is 3.15. The van der Waals surface area contributed by atoms with Crippen molar-refractivity contribution in [3.8, 4) is 0 Å². The molecule has 0 saturated heterocycles. The predicted octanol–water partition coefficient (Wildman–Crippen LogP) is 4.13. The zero-order chi connectivity index (χ0) is 14.7. The molecule has 1 aromatic heterocycles. The highest BCUT2D eigenvalue weighted by molar-refractivity contribution is 6.49. The lowest BCUT2D eigenvalue weighted by molar-refractivity contribution is 0.0950. The average Bonchev–Trinajstić information content (AvgIpc) is 2.96. The Bertz CT molecular complexity index is 666. The number of benzene rings is 1. The number of carbonyl (C=O) groups is 1. The Kier molecular flexibility index (Phi) is 4.70. The van der Waals surface area contributed by atoms with Gasteiger partial charge in [0.15, 0.2) is 0 Å². The van der Waals surface area contributed by atoms with Crippen LogP contribution in [0.5, 0.6) is 0 Å². The first kappa shape index (κ1) is 14.9. The molecule has 2 rings (SSSR count). The van der Waals surface area contributed by atoms with E-state index in [4.69, 9.17) is 34.8 Å². The molecule has 0 aliphatic rings. The molecule has 1 amide bonds. The van der Waals surface area contributed by atoms with Gasteiger partial charge in [-0.15, -0.1) is 0 Å². The summed E-state index contributed by atoms with van der Waals surface area (Å²) in [6.45, 7) is 1.71. The fraction of sp³-hybridized carbons (Fsp3) is 0.0769. The minimum atomic E-state index is -0.342. The van der Waals surface area contributed by atoms with Crippen LogP contribution >= 0.6 is 34.8 Å². The first-order chi connectivity index (χ1) is 9.50. The van der Waals surface area contributed by atoms with Gasteiger partial charge in [-0.3, -0.25) is 4.79 Å². The molecule has 0 radical (unpaired) electrons. The molecule has 7 heteroatoms. The molecule has 0 spiro atoms. The molecule has 0 atom stereocenters. The highest BCUT2D eigenvalue weighted by atomic mass is 35.5. The van der Waals surface area contributed by atoms with Gasteiger partial charge in [-0.05, 0) is 25.1 Å². The minimum absolute atomic E-state index is 0.260. The van der Waals surface area contributed by atoms with Crippen molar-refractivity contribution in [2.24, 2.45) is 5.10 Å². The summed E-state index contributed by atoms with van der Waals surface area (Å²) in [6.07, 6.45) is 1.65. The van der Waals surface area contributed by atoms with Crippen LogP contribution in [0.4, 0.5) is 0 Å². The molecule has 0 aliphatic heterocycles. The van der Waals surface area contributed by atoms with Gasteiger partial charge >= 0.3 is 0 Å². The quantitative estimate of drug-likeness (QED) is 0.496. The summed E-state index contributed by atoms with van der Waals surface area (Å²) < 4.78 is 0. The van der Waals surface area contributed by atoms with Gasteiger partial charge in [0.25, 0.3) is 5.91 Å². The summed E-state index contributed by atoms with van der Waals surface area (Å²) in [6, 6.07) is 6.68. The fourth-order valence-corrected chi connectivity index (χ4v) is 2.20. The van der Waals surface area contributed by atoms with Gasteiger partial charge in [-0.1, -0.05) is 40.9 Å². The molecule has 2 aromatic rings. The maximum Gasteiger partial charge on any atom is 0.287 e. The van der Waals surface area contributed by atoms with E-state index >= 15 is 0 Å². The van der Waals surface area contributed by atoms with Crippen molar-refractivity contribution in [2.75, 3.05) is 0 Å². The van der Waals surface area contributed by atoms with Crippen molar-refractivity contribution in [3.63, 3.8) is 0 Å². The van der Waals surface area contributed by atoms with Gasteiger partial charge in [0.2, 0.25) is 0 Å². The minimum Gasteiger partial charge on any atom is -0.357 e. The molecule has 1 aromatic carbocycles. The predicted molar refractivity (Wildman–Crippen MR) is 81.9 cm³/mol. The second-order valence-corrected chi connectivity index (χ2v) is 5.11. The zero-order valence-corrected chi connectivity index (χ0v) is 12.6. The maximum absolute atomic E-state index is 11.7. The average molecular weight is 331 g/mol. The van der Waals surface area contributed by atoms with E-state index in [9.17, 15) is 4.79 Å². The molecule has 0 aliphatic carbocycles. The SMILES string of the molecule is C/C(=N/NC(=O)c1ccc[nH]1)c1ccc(Cl)c(Cl)c1Cl. The molecule has 104 valence electrons. The fourth-order valence-electron chi connectivity index (χ4n) is 1.53. The van der Waals surface area contributed by atoms with Crippen molar-refractivity contribution >= 4 is 46.4 Å². The normalized spacial score (nSPS) is 11.5. The monoisotopic (exact) mass is 329 g/mol. The van der Waals surface area contributed by atoms with Crippen molar-refractivity contribution in [3.05, 3.63) is 56.8 Å². The van der Waals surface area contributed by atoms with E-state index in [1.807, 2.05) is 0 Å². The smallest absolute Gasteiger partial charge is 0.287 e. The summed E-state index contributed by atoms with van der Waals surface area (Å²) in [5.74, 6) is -0.342. The van der Waals surface area contributed by atoms with Gasteiger partial charge in [0.05, 0.1) is 20.8 Å². The van der Waals surface area contributed by atoms with Crippen molar-refractivity contribution in [2.45, 2.75) is 6.92 Å². The van der Waals surface area contributed by atoms with Gasteiger partial charge in [-0.25, -0.2) is 5.43 Å². The van der Waals surface area contributed by atoms with Crippen LogP contribution in [-0.2, 0) is 0 Å². The number of hydrogen-bond acceptors (Lipinski definition) is 2. The second kappa shape index (κ2) is 6.31. The molecule has 20 heavy (non-hydrogen) atoms. The third-order valence-corrected chi connectivity index (χ3v) is 3.89. The number of hydrazone groups is 1. The standard InChI is InChI=1S/C13H10Cl3N3O/c1-7(8-4-5-9(14)12(16)11(8)15)18-19-13(20)10-3-2-6-17-10/h2-6,17H,1H3,(H,19,20)/b18-7-. The summed E-state index contributed by atoms with van der Waals surface area (Å²) >= 11 is 17.9. The lowest BCUT2D eigenvalue weighted by atomic mass is 10.1. The Morgan fingerprint density at radius 1 is 1.20 bits per heavy atom. The summed E-state index contributed by atoms with van der Waals surface area (Å²) in [4.78, 5) is 14.5. The molecule has 0 unspecified atom stereocenters. The Morgan fingerprint density at radius 2 is 1.95 bits per heavy atom. The lowest BCUT2D eigenvalue weighted by Gasteiger charge is -2.07. The van der Waals surface area contributed by atoms with E-state index in [1.165, 1.54) is 0 Å². The van der Waals surface area contributed by atoms with Gasteiger partial charge in [0.1, 0.15) is 5.69 Å². The molecule has 0 saturated carbocycles. The van der Waals surface area contributed by atoms with Crippen LogP contribution in [-0.4, -0.2) is 16.6 Å². The number of nitrogens with one attached hydrogen (secondary N) is 2. The highest BCUT2D eigenvalue weighted by Gasteiger charge is 2.11. The van der Waals surface area contributed by atoms with Gasteiger partial charge < -0.3 is 4.98 Å². The Labute approximate surface area is 130 Å². The summed E-state index contributed by atoms with van der Waals surface area (Å²) in [5.41, 5.74) is 3.97. The largest absolute Gasteiger partial charge is 0.357 e. The van der Waals surface area contributed by atoms with Crippen LogP contribution in [0, 0.1) is 0 Å². The van der Waals surface area contributed by atoms with Gasteiger partial charge in [0, 0.05) is 11.8 Å². The number of amides is 1. The number of halogens is 3. The topological polar surface area (TPSA) is 57.2 Å². The van der Waals surface area contributed by atoms with E-state index in [0.717, 1.165) is 0 Å². The molecule has 0 fully saturated rings.